The van der Waals surface area contributed by atoms with Crippen molar-refractivity contribution < 1.29 is 9.53 Å². The fraction of sp³-hybridized carbons (Fsp3) is 0.952. The zero-order chi connectivity index (χ0) is 18.6. The van der Waals surface area contributed by atoms with Gasteiger partial charge in [0, 0.05) is 50.7 Å². The van der Waals surface area contributed by atoms with Crippen LogP contribution in [0.15, 0.2) is 0 Å². The Morgan fingerprint density at radius 2 is 1.77 bits per heavy atom. The Morgan fingerprint density at radius 3 is 2.38 bits per heavy atom. The Morgan fingerprint density at radius 1 is 1.15 bits per heavy atom. The van der Waals surface area contributed by atoms with Crippen molar-refractivity contribution in [2.45, 2.75) is 70.9 Å². The summed E-state index contributed by atoms with van der Waals surface area (Å²) >= 11 is 0. The van der Waals surface area contributed by atoms with Crippen molar-refractivity contribution in [3.05, 3.63) is 0 Å². The van der Waals surface area contributed by atoms with Crippen LogP contribution in [0, 0.1) is 11.8 Å². The lowest BCUT2D eigenvalue weighted by Gasteiger charge is -2.43. The smallest absolute Gasteiger partial charge is 0.222 e. The van der Waals surface area contributed by atoms with Crippen LogP contribution in [0.3, 0.4) is 0 Å². The molecule has 3 rings (SSSR count). The monoisotopic (exact) mass is 365 g/mol. The number of morpholine rings is 1. The number of hydrogen-bond donors (Lipinski definition) is 1. The molecule has 1 aliphatic carbocycles. The summed E-state index contributed by atoms with van der Waals surface area (Å²) in [5, 5.41) is 3.31. The second kappa shape index (κ2) is 9.03. The Hall–Kier alpha value is -0.650. The highest BCUT2D eigenvalue weighted by Crippen LogP contribution is 2.38. The first-order valence-electron chi connectivity index (χ1n) is 10.8. The number of ether oxygens (including phenoxy) is 1. The van der Waals surface area contributed by atoms with Gasteiger partial charge in [0.05, 0.1) is 13.2 Å². The molecule has 3 aliphatic rings. The summed E-state index contributed by atoms with van der Waals surface area (Å²) < 4.78 is 5.53. The number of rotatable bonds is 6. The molecule has 26 heavy (non-hydrogen) atoms. The third-order valence-corrected chi connectivity index (χ3v) is 6.59. The molecule has 5 nitrogen and oxygen atoms in total. The van der Waals surface area contributed by atoms with Crippen LogP contribution in [0.2, 0.25) is 0 Å². The van der Waals surface area contributed by atoms with Crippen LogP contribution in [-0.4, -0.2) is 73.2 Å². The molecule has 0 bridgehead atoms. The second-order valence-electron chi connectivity index (χ2n) is 9.34. The minimum absolute atomic E-state index is 0.0851. The Bertz CT molecular complexity index is 448. The van der Waals surface area contributed by atoms with Gasteiger partial charge in [-0.3, -0.25) is 9.69 Å². The van der Waals surface area contributed by atoms with Gasteiger partial charge in [-0.1, -0.05) is 26.7 Å². The van der Waals surface area contributed by atoms with Crippen molar-refractivity contribution >= 4 is 5.91 Å². The van der Waals surface area contributed by atoms with Crippen molar-refractivity contribution in [3.8, 4) is 0 Å². The van der Waals surface area contributed by atoms with Crippen LogP contribution < -0.4 is 5.32 Å². The molecule has 2 aliphatic heterocycles. The van der Waals surface area contributed by atoms with Gasteiger partial charge in [0.15, 0.2) is 0 Å². The highest BCUT2D eigenvalue weighted by molar-refractivity contribution is 5.77. The molecule has 3 atom stereocenters. The van der Waals surface area contributed by atoms with Crippen LogP contribution in [-0.2, 0) is 9.53 Å². The van der Waals surface area contributed by atoms with Gasteiger partial charge in [0.25, 0.3) is 0 Å². The van der Waals surface area contributed by atoms with Crippen LogP contribution in [0.1, 0.15) is 59.3 Å². The van der Waals surface area contributed by atoms with Crippen LogP contribution in [0.4, 0.5) is 0 Å². The number of nitrogens with zero attached hydrogens (tertiary/aromatic N) is 2. The lowest BCUT2D eigenvalue weighted by molar-refractivity contribution is -0.126. The number of amides is 1. The predicted molar refractivity (Wildman–Crippen MR) is 105 cm³/mol. The summed E-state index contributed by atoms with van der Waals surface area (Å²) in [5.74, 6) is 1.78. The first kappa shape index (κ1) is 20.1. The van der Waals surface area contributed by atoms with E-state index in [2.05, 4.69) is 35.9 Å². The van der Waals surface area contributed by atoms with E-state index in [0.717, 1.165) is 57.5 Å². The average Bonchev–Trinajstić information content (AvgIpc) is 3.04. The van der Waals surface area contributed by atoms with E-state index in [0.29, 0.717) is 6.42 Å². The number of likely N-dealkylation sites (tertiary alicyclic amines) is 1. The van der Waals surface area contributed by atoms with E-state index in [1.165, 1.54) is 32.4 Å². The van der Waals surface area contributed by atoms with Gasteiger partial charge in [-0.2, -0.15) is 0 Å². The topological polar surface area (TPSA) is 44.8 Å². The Labute approximate surface area is 159 Å². The highest BCUT2D eigenvalue weighted by Gasteiger charge is 2.41. The van der Waals surface area contributed by atoms with Crippen molar-refractivity contribution in [2.24, 2.45) is 11.8 Å². The third-order valence-electron chi connectivity index (χ3n) is 6.59. The molecule has 1 saturated carbocycles. The van der Waals surface area contributed by atoms with Crippen molar-refractivity contribution in [1.29, 1.82) is 0 Å². The molecule has 0 radical (unpaired) electrons. The molecule has 2 saturated heterocycles. The molecule has 0 aromatic rings. The molecule has 0 aromatic carbocycles. The van der Waals surface area contributed by atoms with E-state index in [1.807, 2.05) is 0 Å². The van der Waals surface area contributed by atoms with Crippen molar-refractivity contribution in [2.75, 3.05) is 45.9 Å². The van der Waals surface area contributed by atoms with Gasteiger partial charge >= 0.3 is 0 Å². The highest BCUT2D eigenvalue weighted by atomic mass is 16.5. The SMILES string of the molecule is C[C@@H]1C[C@@H](C)CN(C[C@@H](C)NC(=O)CC2(N3CCOCC3)CCCC2)C1. The number of carbonyl (C=O) groups is 1. The molecule has 150 valence electrons. The van der Waals surface area contributed by atoms with E-state index >= 15 is 0 Å². The van der Waals surface area contributed by atoms with E-state index in [-0.39, 0.29) is 17.5 Å². The fourth-order valence-corrected chi connectivity index (χ4v) is 5.67. The molecule has 0 unspecified atom stereocenters. The van der Waals surface area contributed by atoms with Crippen LogP contribution in [0.5, 0.6) is 0 Å². The summed E-state index contributed by atoms with van der Waals surface area (Å²) in [4.78, 5) is 17.9. The van der Waals surface area contributed by atoms with E-state index in [9.17, 15) is 4.79 Å². The fourth-order valence-electron chi connectivity index (χ4n) is 5.67. The lowest BCUT2D eigenvalue weighted by Crippen LogP contribution is -2.55. The van der Waals surface area contributed by atoms with Crippen molar-refractivity contribution in [1.82, 2.24) is 15.1 Å². The summed E-state index contributed by atoms with van der Waals surface area (Å²) in [7, 11) is 0. The minimum Gasteiger partial charge on any atom is -0.379 e. The first-order chi connectivity index (χ1) is 12.5. The molecular weight excluding hydrogens is 326 g/mol. The van der Waals surface area contributed by atoms with Gasteiger partial charge < -0.3 is 15.0 Å². The maximum Gasteiger partial charge on any atom is 0.222 e. The quantitative estimate of drug-likeness (QED) is 0.785. The predicted octanol–water partition coefficient (Wildman–Crippen LogP) is 2.50. The van der Waals surface area contributed by atoms with Gasteiger partial charge in [-0.25, -0.2) is 0 Å². The van der Waals surface area contributed by atoms with Gasteiger partial charge in [-0.15, -0.1) is 0 Å². The number of carbonyl (C=O) groups excluding carboxylic acids is 1. The molecule has 0 spiro atoms. The largest absolute Gasteiger partial charge is 0.379 e. The summed E-state index contributed by atoms with van der Waals surface area (Å²) in [6.45, 7) is 13.7. The maximum atomic E-state index is 12.8. The minimum atomic E-state index is 0.0851. The molecule has 5 heteroatoms. The van der Waals surface area contributed by atoms with Gasteiger partial charge in [0.2, 0.25) is 5.91 Å². The zero-order valence-electron chi connectivity index (χ0n) is 17.1. The third kappa shape index (κ3) is 5.20. The van der Waals surface area contributed by atoms with E-state index in [4.69, 9.17) is 4.74 Å². The normalized spacial score (nSPS) is 31.7. The zero-order valence-corrected chi connectivity index (χ0v) is 17.1. The first-order valence-corrected chi connectivity index (χ1v) is 10.8. The van der Waals surface area contributed by atoms with E-state index in [1.54, 1.807) is 0 Å². The number of piperidine rings is 1. The lowest BCUT2D eigenvalue weighted by atomic mass is 9.89. The Balaban J connectivity index is 1.50. The molecule has 1 amide bonds. The maximum absolute atomic E-state index is 12.8. The van der Waals surface area contributed by atoms with Crippen LogP contribution >= 0.6 is 0 Å². The molecule has 2 heterocycles. The number of nitrogens with one attached hydrogen (secondary N) is 1. The summed E-state index contributed by atoms with van der Waals surface area (Å²) in [6, 6.07) is 0.225. The molecule has 3 fully saturated rings. The number of hydrogen-bond acceptors (Lipinski definition) is 4. The van der Waals surface area contributed by atoms with Gasteiger partial charge in [-0.05, 0) is 38.0 Å². The van der Waals surface area contributed by atoms with Crippen LogP contribution in [0.25, 0.3) is 0 Å². The molecule has 0 aromatic heterocycles. The summed E-state index contributed by atoms with van der Waals surface area (Å²) in [5.41, 5.74) is 0.0851. The second-order valence-corrected chi connectivity index (χ2v) is 9.34. The van der Waals surface area contributed by atoms with Crippen molar-refractivity contribution in [3.63, 3.8) is 0 Å². The van der Waals surface area contributed by atoms with Gasteiger partial charge in [0.1, 0.15) is 0 Å². The Kier molecular flexibility index (Phi) is 6.98. The average molecular weight is 366 g/mol. The summed E-state index contributed by atoms with van der Waals surface area (Å²) in [6.07, 6.45) is 6.82. The standard InChI is InChI=1S/C21H39N3O2/c1-17-12-18(2)15-23(14-17)16-19(3)22-20(25)13-21(6-4-5-7-21)24-8-10-26-11-9-24/h17-19H,4-16H2,1-3H3,(H,22,25)/t17-,18-,19-/m1/s1. The molecular formula is C21H39N3O2. The molecule has 1 N–H and O–H groups in total. The van der Waals surface area contributed by atoms with E-state index < -0.39 is 0 Å².